The first-order valence-corrected chi connectivity index (χ1v) is 7.54. The molecule has 0 saturated carbocycles. The first-order chi connectivity index (χ1) is 10.8. The summed E-state index contributed by atoms with van der Waals surface area (Å²) < 4.78 is 5.59. The second-order valence-electron chi connectivity index (χ2n) is 5.39. The third-order valence-electron chi connectivity index (χ3n) is 3.83. The van der Waals surface area contributed by atoms with E-state index in [2.05, 4.69) is 22.3 Å². The van der Waals surface area contributed by atoms with Gasteiger partial charge in [-0.25, -0.2) is 0 Å². The predicted octanol–water partition coefficient (Wildman–Crippen LogP) is 2.70. The lowest BCUT2D eigenvalue weighted by Crippen LogP contribution is -2.43. The van der Waals surface area contributed by atoms with E-state index in [1.165, 1.54) is 5.56 Å². The summed E-state index contributed by atoms with van der Waals surface area (Å²) in [5.41, 5.74) is 2.02. The monoisotopic (exact) mass is 296 g/mol. The number of amides is 1. The van der Waals surface area contributed by atoms with Gasteiger partial charge in [0.1, 0.15) is 0 Å². The van der Waals surface area contributed by atoms with Gasteiger partial charge in [0.15, 0.2) is 0 Å². The van der Waals surface area contributed by atoms with Crippen LogP contribution < -0.4 is 5.32 Å². The number of nitrogens with one attached hydrogen (secondary N) is 1. The number of benzene rings is 2. The predicted molar refractivity (Wildman–Crippen MR) is 86.6 cm³/mol. The third kappa shape index (κ3) is 3.72. The molecule has 22 heavy (non-hydrogen) atoms. The number of hydrogen-bond donors (Lipinski definition) is 1. The summed E-state index contributed by atoms with van der Waals surface area (Å²) >= 11 is 0. The highest BCUT2D eigenvalue weighted by atomic mass is 16.5. The standard InChI is InChI=1S/C18H20N2O2/c21-18(19-16-9-5-2-6-10-16)13-20-11-12-22-14-17(20)15-7-3-1-4-8-15/h1-10,17H,11-14H2,(H,19,21)/t17-/m1/s1. The quantitative estimate of drug-likeness (QED) is 0.943. The number of ether oxygens (including phenoxy) is 1. The Hall–Kier alpha value is -2.17. The fourth-order valence-electron chi connectivity index (χ4n) is 2.72. The Labute approximate surface area is 130 Å². The van der Waals surface area contributed by atoms with E-state index in [1.54, 1.807) is 0 Å². The average molecular weight is 296 g/mol. The largest absolute Gasteiger partial charge is 0.378 e. The number of para-hydroxylation sites is 1. The Morgan fingerprint density at radius 3 is 2.50 bits per heavy atom. The summed E-state index contributed by atoms with van der Waals surface area (Å²) in [5.74, 6) is 0.00836. The summed E-state index contributed by atoms with van der Waals surface area (Å²) in [6.07, 6.45) is 0. The number of carbonyl (C=O) groups excluding carboxylic acids is 1. The van der Waals surface area contributed by atoms with Crippen molar-refractivity contribution >= 4 is 11.6 Å². The van der Waals surface area contributed by atoms with Crippen molar-refractivity contribution in [1.82, 2.24) is 4.90 Å². The number of anilines is 1. The van der Waals surface area contributed by atoms with Crippen LogP contribution in [0.25, 0.3) is 0 Å². The lowest BCUT2D eigenvalue weighted by Gasteiger charge is -2.35. The highest BCUT2D eigenvalue weighted by Gasteiger charge is 2.26. The Bertz CT molecular complexity index is 601. The van der Waals surface area contributed by atoms with Crippen molar-refractivity contribution in [2.24, 2.45) is 0 Å². The van der Waals surface area contributed by atoms with Crippen molar-refractivity contribution in [2.45, 2.75) is 6.04 Å². The highest BCUT2D eigenvalue weighted by molar-refractivity contribution is 5.92. The highest BCUT2D eigenvalue weighted by Crippen LogP contribution is 2.23. The third-order valence-corrected chi connectivity index (χ3v) is 3.83. The molecule has 2 aromatic rings. The van der Waals surface area contributed by atoms with Gasteiger partial charge < -0.3 is 10.1 Å². The van der Waals surface area contributed by atoms with Crippen molar-refractivity contribution in [3.8, 4) is 0 Å². The summed E-state index contributed by atoms with van der Waals surface area (Å²) in [7, 11) is 0. The van der Waals surface area contributed by atoms with Crippen molar-refractivity contribution in [2.75, 3.05) is 31.6 Å². The van der Waals surface area contributed by atoms with Crippen LogP contribution in [0.5, 0.6) is 0 Å². The van der Waals surface area contributed by atoms with Crippen molar-refractivity contribution in [1.29, 1.82) is 0 Å². The Morgan fingerprint density at radius 2 is 1.77 bits per heavy atom. The second-order valence-corrected chi connectivity index (χ2v) is 5.39. The van der Waals surface area contributed by atoms with Crippen LogP contribution in [0.3, 0.4) is 0 Å². The lowest BCUT2D eigenvalue weighted by atomic mass is 10.1. The molecule has 1 N–H and O–H groups in total. The van der Waals surface area contributed by atoms with Crippen molar-refractivity contribution < 1.29 is 9.53 Å². The molecule has 1 heterocycles. The minimum absolute atomic E-state index is 0.00836. The van der Waals surface area contributed by atoms with E-state index < -0.39 is 0 Å². The molecule has 4 heteroatoms. The topological polar surface area (TPSA) is 41.6 Å². The molecule has 0 spiro atoms. The number of rotatable bonds is 4. The van der Waals surface area contributed by atoms with Crippen LogP contribution in [0.4, 0.5) is 5.69 Å². The number of hydrogen-bond acceptors (Lipinski definition) is 3. The normalized spacial score (nSPS) is 18.8. The van der Waals surface area contributed by atoms with Gasteiger partial charge in [0.05, 0.1) is 25.8 Å². The molecule has 0 aromatic heterocycles. The first kappa shape index (κ1) is 14.8. The summed E-state index contributed by atoms with van der Waals surface area (Å²) in [5, 5.41) is 2.94. The minimum Gasteiger partial charge on any atom is -0.378 e. The van der Waals surface area contributed by atoms with Gasteiger partial charge in [-0.1, -0.05) is 48.5 Å². The number of morpholine rings is 1. The van der Waals surface area contributed by atoms with Crippen LogP contribution in [0.1, 0.15) is 11.6 Å². The molecule has 0 unspecified atom stereocenters. The molecule has 1 atom stereocenters. The van der Waals surface area contributed by atoms with E-state index in [9.17, 15) is 4.79 Å². The average Bonchev–Trinajstić information content (AvgIpc) is 2.57. The number of carbonyl (C=O) groups is 1. The minimum atomic E-state index is 0.00836. The molecule has 1 fully saturated rings. The van der Waals surface area contributed by atoms with Crippen LogP contribution in [0.2, 0.25) is 0 Å². The van der Waals surface area contributed by atoms with Gasteiger partial charge in [-0.15, -0.1) is 0 Å². The van der Waals surface area contributed by atoms with Crippen molar-refractivity contribution in [3.05, 3.63) is 66.2 Å². The van der Waals surface area contributed by atoms with Crippen molar-refractivity contribution in [3.63, 3.8) is 0 Å². The molecule has 1 aliphatic rings. The molecule has 1 amide bonds. The molecular formula is C18H20N2O2. The maximum absolute atomic E-state index is 12.3. The molecule has 0 bridgehead atoms. The van der Waals surface area contributed by atoms with E-state index in [1.807, 2.05) is 48.5 Å². The van der Waals surface area contributed by atoms with Crippen LogP contribution in [0, 0.1) is 0 Å². The van der Waals surface area contributed by atoms with Gasteiger partial charge in [0, 0.05) is 12.2 Å². The van der Waals surface area contributed by atoms with E-state index in [-0.39, 0.29) is 11.9 Å². The van der Waals surface area contributed by atoms with Gasteiger partial charge in [-0.2, -0.15) is 0 Å². The molecule has 0 aliphatic carbocycles. The molecule has 1 aliphatic heterocycles. The zero-order valence-corrected chi connectivity index (χ0v) is 12.4. The smallest absolute Gasteiger partial charge is 0.238 e. The summed E-state index contributed by atoms with van der Waals surface area (Å²) in [6, 6.07) is 19.9. The van der Waals surface area contributed by atoms with E-state index in [0.29, 0.717) is 19.8 Å². The first-order valence-electron chi connectivity index (χ1n) is 7.54. The summed E-state index contributed by atoms with van der Waals surface area (Å²) in [4.78, 5) is 14.4. The molecule has 4 nitrogen and oxygen atoms in total. The van der Waals surface area contributed by atoms with Gasteiger partial charge in [0.25, 0.3) is 0 Å². The molecule has 2 aromatic carbocycles. The van der Waals surface area contributed by atoms with Crippen LogP contribution in [-0.4, -0.2) is 37.1 Å². The van der Waals surface area contributed by atoms with Gasteiger partial charge in [0.2, 0.25) is 5.91 Å². The maximum Gasteiger partial charge on any atom is 0.238 e. The van der Waals surface area contributed by atoms with E-state index >= 15 is 0 Å². The van der Waals surface area contributed by atoms with Gasteiger partial charge in [-0.05, 0) is 17.7 Å². The Balaban J connectivity index is 1.65. The molecular weight excluding hydrogens is 276 g/mol. The second kappa shape index (κ2) is 7.20. The number of nitrogens with zero attached hydrogens (tertiary/aromatic N) is 1. The SMILES string of the molecule is O=C(CN1CCOC[C@@H]1c1ccccc1)Nc1ccccc1. The lowest BCUT2D eigenvalue weighted by molar-refractivity contribution is -0.119. The molecule has 1 saturated heterocycles. The van der Waals surface area contributed by atoms with Crippen LogP contribution >= 0.6 is 0 Å². The van der Waals surface area contributed by atoms with Gasteiger partial charge in [-0.3, -0.25) is 9.69 Å². The van der Waals surface area contributed by atoms with Gasteiger partial charge >= 0.3 is 0 Å². The Morgan fingerprint density at radius 1 is 1.09 bits per heavy atom. The molecule has 0 radical (unpaired) electrons. The Kier molecular flexibility index (Phi) is 4.83. The van der Waals surface area contributed by atoms with Crippen LogP contribution in [0.15, 0.2) is 60.7 Å². The fraction of sp³-hybridized carbons (Fsp3) is 0.278. The van der Waals surface area contributed by atoms with E-state index in [4.69, 9.17) is 4.74 Å². The maximum atomic E-state index is 12.3. The van der Waals surface area contributed by atoms with E-state index in [0.717, 1.165) is 12.2 Å². The molecule has 3 rings (SSSR count). The molecule has 114 valence electrons. The van der Waals surface area contributed by atoms with Crippen LogP contribution in [-0.2, 0) is 9.53 Å². The summed E-state index contributed by atoms with van der Waals surface area (Å²) in [6.45, 7) is 2.43. The zero-order chi connectivity index (χ0) is 15.2. The zero-order valence-electron chi connectivity index (χ0n) is 12.4. The fourth-order valence-corrected chi connectivity index (χ4v) is 2.72.